The molecule has 2 aromatic heterocycles. The van der Waals surface area contributed by atoms with Crippen molar-refractivity contribution >= 4 is 16.9 Å². The number of hydrogen-bond acceptors (Lipinski definition) is 3. The van der Waals surface area contributed by atoms with Gasteiger partial charge in [0.15, 0.2) is 0 Å². The first-order valence-corrected chi connectivity index (χ1v) is 10.6. The summed E-state index contributed by atoms with van der Waals surface area (Å²) in [5.74, 6) is -0.133. The first-order valence-electron chi connectivity index (χ1n) is 10.6. The molecule has 1 aliphatic carbocycles. The summed E-state index contributed by atoms with van der Waals surface area (Å²) in [5, 5.41) is 7.80. The van der Waals surface area contributed by atoms with Crippen LogP contribution in [-0.4, -0.2) is 24.8 Å². The van der Waals surface area contributed by atoms with Crippen molar-refractivity contribution in [2.75, 3.05) is 0 Å². The molecule has 5 rings (SSSR count). The predicted molar refractivity (Wildman–Crippen MR) is 119 cm³/mol. The summed E-state index contributed by atoms with van der Waals surface area (Å²) in [6.45, 7) is 0.732. The van der Waals surface area contributed by atoms with Gasteiger partial charge in [0.1, 0.15) is 0 Å². The van der Waals surface area contributed by atoms with E-state index in [4.69, 9.17) is 0 Å². The van der Waals surface area contributed by atoms with Gasteiger partial charge in [0.25, 0.3) is 5.91 Å². The average Bonchev–Trinajstić information content (AvgIpc) is 3.30. The molecule has 7 nitrogen and oxygen atoms in total. The van der Waals surface area contributed by atoms with E-state index in [1.165, 1.54) is 11.3 Å². The monoisotopic (exact) mass is 415 g/mol. The number of amides is 1. The number of nitrogens with zero attached hydrogens (tertiary/aromatic N) is 4. The molecule has 0 bridgehead atoms. The van der Waals surface area contributed by atoms with E-state index >= 15 is 0 Å². The first-order chi connectivity index (χ1) is 15.0. The summed E-state index contributed by atoms with van der Waals surface area (Å²) in [4.78, 5) is 25.2. The van der Waals surface area contributed by atoms with Crippen LogP contribution in [0.25, 0.3) is 11.0 Å². The number of aromatic nitrogens is 4. The Morgan fingerprint density at radius 1 is 1.10 bits per heavy atom. The fourth-order valence-corrected chi connectivity index (χ4v) is 4.55. The van der Waals surface area contributed by atoms with Crippen LogP contribution in [0.4, 0.5) is 0 Å². The molecule has 2 aromatic carbocycles. The van der Waals surface area contributed by atoms with Crippen molar-refractivity contribution in [2.45, 2.75) is 31.8 Å². The van der Waals surface area contributed by atoms with Crippen LogP contribution in [0.5, 0.6) is 0 Å². The third kappa shape index (κ3) is 3.36. The Morgan fingerprint density at radius 2 is 1.87 bits per heavy atom. The molecule has 158 valence electrons. The maximum absolute atomic E-state index is 13.0. The lowest BCUT2D eigenvalue weighted by atomic mass is 9.92. The van der Waals surface area contributed by atoms with Crippen molar-refractivity contribution in [3.8, 4) is 0 Å². The second-order valence-corrected chi connectivity index (χ2v) is 8.21. The Kier molecular flexibility index (Phi) is 4.73. The number of rotatable bonds is 4. The molecule has 1 unspecified atom stereocenters. The summed E-state index contributed by atoms with van der Waals surface area (Å²) >= 11 is 0. The summed E-state index contributed by atoms with van der Waals surface area (Å²) in [6, 6.07) is 15.6. The SMILES string of the molecule is Cn1c(=O)n(C)c2cc(C(=O)NC3CCCc4c3cnn4Cc3ccccc3)ccc21. The van der Waals surface area contributed by atoms with Crippen LogP contribution in [-0.2, 0) is 27.1 Å². The van der Waals surface area contributed by atoms with Crippen LogP contribution in [0, 0.1) is 0 Å². The van der Waals surface area contributed by atoms with Gasteiger partial charge in [-0.25, -0.2) is 4.79 Å². The zero-order valence-electron chi connectivity index (χ0n) is 17.7. The topological polar surface area (TPSA) is 73.8 Å². The number of benzene rings is 2. The zero-order valence-corrected chi connectivity index (χ0v) is 17.7. The Balaban J connectivity index is 1.39. The molecule has 1 aliphatic rings. The largest absolute Gasteiger partial charge is 0.345 e. The molecule has 0 saturated heterocycles. The maximum atomic E-state index is 13.0. The van der Waals surface area contributed by atoms with Crippen LogP contribution in [0.15, 0.2) is 59.5 Å². The molecule has 31 heavy (non-hydrogen) atoms. The molecule has 0 saturated carbocycles. The Bertz CT molecular complexity index is 1330. The second-order valence-electron chi connectivity index (χ2n) is 8.21. The number of nitrogens with one attached hydrogen (secondary N) is 1. The van der Waals surface area contributed by atoms with E-state index < -0.39 is 0 Å². The molecule has 0 spiro atoms. The molecular weight excluding hydrogens is 390 g/mol. The van der Waals surface area contributed by atoms with Gasteiger partial charge in [0.05, 0.1) is 29.8 Å². The summed E-state index contributed by atoms with van der Waals surface area (Å²) in [7, 11) is 3.46. The minimum absolute atomic E-state index is 0.0592. The van der Waals surface area contributed by atoms with Gasteiger partial charge < -0.3 is 5.32 Å². The molecule has 2 heterocycles. The van der Waals surface area contributed by atoms with Crippen molar-refractivity contribution in [1.82, 2.24) is 24.2 Å². The van der Waals surface area contributed by atoms with Gasteiger partial charge in [-0.1, -0.05) is 30.3 Å². The minimum Gasteiger partial charge on any atom is -0.345 e. The van der Waals surface area contributed by atoms with E-state index in [-0.39, 0.29) is 17.6 Å². The minimum atomic E-state index is -0.133. The number of carbonyl (C=O) groups is 1. The fourth-order valence-electron chi connectivity index (χ4n) is 4.55. The third-order valence-electron chi connectivity index (χ3n) is 6.28. The lowest BCUT2D eigenvalue weighted by molar-refractivity contribution is 0.0932. The average molecular weight is 415 g/mol. The molecular formula is C24H25N5O2. The second kappa shape index (κ2) is 7.58. The van der Waals surface area contributed by atoms with Crippen LogP contribution >= 0.6 is 0 Å². The van der Waals surface area contributed by atoms with E-state index in [1.807, 2.05) is 30.5 Å². The number of aryl methyl sites for hydroxylation is 2. The highest BCUT2D eigenvalue weighted by molar-refractivity contribution is 5.97. The maximum Gasteiger partial charge on any atom is 0.328 e. The summed E-state index contributed by atoms with van der Waals surface area (Å²) in [6.07, 6.45) is 4.76. The fraction of sp³-hybridized carbons (Fsp3) is 0.292. The highest BCUT2D eigenvalue weighted by Gasteiger charge is 2.26. The molecule has 4 aromatic rings. The summed E-state index contributed by atoms with van der Waals surface area (Å²) in [5.41, 5.74) is 5.52. The lowest BCUT2D eigenvalue weighted by Gasteiger charge is -2.24. The smallest absolute Gasteiger partial charge is 0.328 e. The number of hydrogen-bond donors (Lipinski definition) is 1. The van der Waals surface area contributed by atoms with E-state index in [0.717, 1.165) is 42.4 Å². The van der Waals surface area contributed by atoms with E-state index in [0.29, 0.717) is 5.56 Å². The van der Waals surface area contributed by atoms with Gasteiger partial charge in [-0.2, -0.15) is 5.10 Å². The molecule has 0 radical (unpaired) electrons. The Hall–Kier alpha value is -3.61. The van der Waals surface area contributed by atoms with Crippen molar-refractivity contribution in [2.24, 2.45) is 14.1 Å². The quantitative estimate of drug-likeness (QED) is 0.557. The van der Waals surface area contributed by atoms with E-state index in [1.54, 1.807) is 35.4 Å². The van der Waals surface area contributed by atoms with Crippen LogP contribution < -0.4 is 11.0 Å². The van der Waals surface area contributed by atoms with Gasteiger partial charge in [0, 0.05) is 30.9 Å². The van der Waals surface area contributed by atoms with Gasteiger partial charge in [-0.3, -0.25) is 18.6 Å². The number of fused-ring (bicyclic) bond motifs is 2. The third-order valence-corrected chi connectivity index (χ3v) is 6.28. The molecule has 1 atom stereocenters. The first kappa shape index (κ1) is 19.4. The highest BCUT2D eigenvalue weighted by Crippen LogP contribution is 2.30. The van der Waals surface area contributed by atoms with Crippen molar-refractivity contribution in [3.63, 3.8) is 0 Å². The van der Waals surface area contributed by atoms with Gasteiger partial charge in [-0.15, -0.1) is 0 Å². The molecule has 7 heteroatoms. The van der Waals surface area contributed by atoms with Gasteiger partial charge >= 0.3 is 5.69 Å². The number of imidazole rings is 1. The van der Waals surface area contributed by atoms with Crippen LogP contribution in [0.3, 0.4) is 0 Å². The standard InChI is InChI=1S/C24H25N5O2/c1-27-21-12-11-17(13-22(21)28(2)24(27)31)23(30)26-19-9-6-10-20-18(19)14-25-29(20)15-16-7-4-3-5-8-16/h3-5,7-8,11-14,19H,6,9-10,15H2,1-2H3,(H,26,30). The number of carbonyl (C=O) groups excluding carboxylic acids is 1. The van der Waals surface area contributed by atoms with Crippen LogP contribution in [0.1, 0.15) is 46.1 Å². The lowest BCUT2D eigenvalue weighted by Crippen LogP contribution is -2.31. The van der Waals surface area contributed by atoms with Gasteiger partial charge in [0.2, 0.25) is 0 Å². The summed E-state index contributed by atoms with van der Waals surface area (Å²) < 4.78 is 5.21. The molecule has 1 N–H and O–H groups in total. The van der Waals surface area contributed by atoms with Crippen molar-refractivity contribution in [1.29, 1.82) is 0 Å². The van der Waals surface area contributed by atoms with Gasteiger partial charge in [-0.05, 0) is 43.0 Å². The van der Waals surface area contributed by atoms with Crippen LogP contribution in [0.2, 0.25) is 0 Å². The molecule has 1 amide bonds. The zero-order chi connectivity index (χ0) is 21.5. The van der Waals surface area contributed by atoms with E-state index in [9.17, 15) is 9.59 Å². The molecule has 0 aliphatic heterocycles. The Labute approximate surface area is 179 Å². The van der Waals surface area contributed by atoms with Crippen molar-refractivity contribution < 1.29 is 4.79 Å². The molecule has 0 fully saturated rings. The Morgan fingerprint density at radius 3 is 2.68 bits per heavy atom. The van der Waals surface area contributed by atoms with Crippen molar-refractivity contribution in [3.05, 3.63) is 87.6 Å². The predicted octanol–water partition coefficient (Wildman–Crippen LogP) is 2.93. The van der Waals surface area contributed by atoms with E-state index in [2.05, 4.69) is 27.2 Å². The normalized spacial score (nSPS) is 15.7. The highest BCUT2D eigenvalue weighted by atomic mass is 16.2.